The van der Waals surface area contributed by atoms with Gasteiger partial charge in [-0.25, -0.2) is 0 Å². The monoisotopic (exact) mass is 447 g/mol. The summed E-state index contributed by atoms with van der Waals surface area (Å²) < 4.78 is 0. The second-order valence-corrected chi connectivity index (χ2v) is 10.1. The molecular weight excluding hydrogens is 420 g/mol. The Kier molecular flexibility index (Phi) is 11.6. The maximum atomic E-state index is 10.7. The molecule has 134 valence electrons. The van der Waals surface area contributed by atoms with Gasteiger partial charge in [0, 0.05) is 17.8 Å². The van der Waals surface area contributed by atoms with Gasteiger partial charge in [0.25, 0.3) is 0 Å². The van der Waals surface area contributed by atoms with Crippen molar-refractivity contribution in [3.8, 4) is 5.75 Å². The summed E-state index contributed by atoms with van der Waals surface area (Å²) in [6, 6.07) is 4.62. The molecule has 2 nitrogen and oxygen atoms in total. The molecule has 0 spiro atoms. The Morgan fingerprint density at radius 2 is 1.79 bits per heavy atom. The summed E-state index contributed by atoms with van der Waals surface area (Å²) in [5, 5.41) is 10.7. The summed E-state index contributed by atoms with van der Waals surface area (Å²) in [6.07, 6.45) is 10.3. The number of aryl methyl sites for hydroxylation is 1. The molecule has 0 heterocycles. The van der Waals surface area contributed by atoms with Gasteiger partial charge < -0.3 is 5.11 Å². The Bertz CT molecular complexity index is 512. The van der Waals surface area contributed by atoms with Crippen LogP contribution in [0.2, 0.25) is 0 Å². The van der Waals surface area contributed by atoms with Crippen LogP contribution in [0, 0.1) is 6.92 Å². The van der Waals surface area contributed by atoms with Gasteiger partial charge in [-0.3, -0.25) is 4.99 Å². The summed E-state index contributed by atoms with van der Waals surface area (Å²) in [5.74, 6) is 0.997. The van der Waals surface area contributed by atoms with E-state index in [9.17, 15) is 5.11 Å². The molecule has 1 aromatic rings. The average molecular weight is 450 g/mol. The molecule has 0 amide bonds. The summed E-state index contributed by atoms with van der Waals surface area (Å²) in [4.78, 5) is 4.65. The second kappa shape index (κ2) is 12.5. The van der Waals surface area contributed by atoms with Crippen molar-refractivity contribution in [3.63, 3.8) is 0 Å². The van der Waals surface area contributed by atoms with Crippen LogP contribution in [-0.4, -0.2) is 17.4 Å². The van der Waals surface area contributed by atoms with E-state index in [0.717, 1.165) is 29.5 Å². The molecule has 0 atom stereocenters. The number of phenolic OH excluding ortho intramolecular Hbond substituents is 1. The number of hydrogen-bond donors (Lipinski definition) is 1. The van der Waals surface area contributed by atoms with Crippen molar-refractivity contribution >= 4 is 23.2 Å². The van der Waals surface area contributed by atoms with Gasteiger partial charge in [-0.05, 0) is 49.7 Å². The number of hydrogen-bond acceptors (Lipinski definition) is 2. The van der Waals surface area contributed by atoms with Gasteiger partial charge in [0.1, 0.15) is 5.75 Å². The van der Waals surface area contributed by atoms with Crippen molar-refractivity contribution < 1.29 is 26.0 Å². The Hall–Kier alpha value is 0.153. The summed E-state index contributed by atoms with van der Waals surface area (Å²) in [5.41, 5.74) is 3.16. The molecule has 0 radical (unpaired) electrons. The molecule has 1 saturated carbocycles. The second-order valence-electron chi connectivity index (χ2n) is 6.39. The van der Waals surface area contributed by atoms with E-state index in [1.807, 2.05) is 6.21 Å². The Morgan fingerprint density at radius 1 is 1.21 bits per heavy atom. The molecule has 1 N–H and O–H groups in total. The molecule has 0 aliphatic heterocycles. The van der Waals surface area contributed by atoms with E-state index in [2.05, 4.69) is 37.9 Å². The zero-order chi connectivity index (χ0) is 17.9. The number of phenols is 1. The van der Waals surface area contributed by atoms with Crippen LogP contribution >= 0.6 is 17.0 Å². The molecule has 0 aromatic heterocycles. The third kappa shape index (κ3) is 6.81. The number of nitrogens with zero attached hydrogens (tertiary/aromatic N) is 1. The van der Waals surface area contributed by atoms with E-state index < -0.39 is 20.8 Å². The number of benzene rings is 1. The average Bonchev–Trinajstić information content (AvgIpc) is 2.59. The first-order valence-electron chi connectivity index (χ1n) is 8.90. The van der Waals surface area contributed by atoms with Crippen LogP contribution < -0.4 is 0 Å². The summed E-state index contributed by atoms with van der Waals surface area (Å²) in [7, 11) is 9.87. The normalized spacial score (nSPS) is 15.4. The Labute approximate surface area is 165 Å². The maximum absolute atomic E-state index is 10.7. The van der Waals surface area contributed by atoms with E-state index in [1.165, 1.54) is 32.1 Å². The molecule has 1 aliphatic carbocycles. The van der Waals surface area contributed by atoms with E-state index in [1.54, 1.807) is 0 Å². The first kappa shape index (κ1) is 22.2. The molecule has 5 heteroatoms. The molecule has 1 aliphatic rings. The summed E-state index contributed by atoms with van der Waals surface area (Å²) in [6.45, 7) is 6.38. The van der Waals surface area contributed by atoms with Crippen molar-refractivity contribution in [3.05, 3.63) is 28.8 Å². The SMILES string of the molecule is CCC(CC)N=Cc1c(C)ccc(C2CCCCC2)c1O.[Cl][Zr][Cl]. The third-order valence-electron chi connectivity index (χ3n) is 4.87. The fourth-order valence-corrected chi connectivity index (χ4v) is 3.31. The first-order valence-corrected chi connectivity index (χ1v) is 15.2. The number of rotatable bonds is 5. The van der Waals surface area contributed by atoms with E-state index in [4.69, 9.17) is 17.0 Å². The van der Waals surface area contributed by atoms with Crippen LogP contribution in [0.15, 0.2) is 17.1 Å². The first-order chi connectivity index (χ1) is 11.6. The topological polar surface area (TPSA) is 32.6 Å². The number of aromatic hydroxyl groups is 1. The van der Waals surface area contributed by atoms with E-state index in [0.29, 0.717) is 17.7 Å². The van der Waals surface area contributed by atoms with Crippen LogP contribution in [-0.2, 0) is 20.8 Å². The molecule has 1 aromatic carbocycles. The van der Waals surface area contributed by atoms with Gasteiger partial charge in [0.15, 0.2) is 0 Å². The van der Waals surface area contributed by atoms with Crippen LogP contribution in [0.4, 0.5) is 0 Å². The van der Waals surface area contributed by atoms with Crippen LogP contribution in [0.25, 0.3) is 0 Å². The van der Waals surface area contributed by atoms with Crippen molar-refractivity contribution in [2.24, 2.45) is 4.99 Å². The molecule has 0 bridgehead atoms. The fourth-order valence-electron chi connectivity index (χ4n) is 3.31. The van der Waals surface area contributed by atoms with Crippen LogP contribution in [0.1, 0.15) is 81.4 Å². The van der Waals surface area contributed by atoms with E-state index >= 15 is 0 Å². The minimum atomic E-state index is -0.826. The van der Waals surface area contributed by atoms with Crippen LogP contribution in [0.3, 0.4) is 0 Å². The minimum absolute atomic E-state index is 0.363. The van der Waals surface area contributed by atoms with Gasteiger partial charge in [0.2, 0.25) is 0 Å². The zero-order valence-electron chi connectivity index (χ0n) is 15.0. The van der Waals surface area contributed by atoms with Crippen molar-refractivity contribution in [2.45, 2.75) is 77.7 Å². The standard InChI is InChI=1S/C19H29NO.2ClH.Zr/c1-4-16(5-2)20-13-18-14(3)11-12-17(19(18)21)15-9-7-6-8-10-15;;;/h11-13,15-16,21H,4-10H2,1-3H3;2*1H;/q;;;+2/p-2. The van der Waals surface area contributed by atoms with Gasteiger partial charge in [-0.2, -0.15) is 0 Å². The van der Waals surface area contributed by atoms with Gasteiger partial charge in [-0.1, -0.05) is 45.2 Å². The number of halogens is 2. The fraction of sp³-hybridized carbons (Fsp3) is 0.632. The van der Waals surface area contributed by atoms with Crippen molar-refractivity contribution in [2.75, 3.05) is 0 Å². The third-order valence-corrected chi connectivity index (χ3v) is 4.87. The molecular formula is C19H29Cl2NOZr. The molecule has 2 rings (SSSR count). The van der Waals surface area contributed by atoms with Crippen molar-refractivity contribution in [1.82, 2.24) is 0 Å². The van der Waals surface area contributed by atoms with Gasteiger partial charge >= 0.3 is 37.9 Å². The van der Waals surface area contributed by atoms with E-state index in [-0.39, 0.29) is 0 Å². The molecule has 1 fully saturated rings. The predicted octanol–water partition coefficient (Wildman–Crippen LogP) is 6.73. The summed E-state index contributed by atoms with van der Waals surface area (Å²) >= 11 is -0.826. The quantitative estimate of drug-likeness (QED) is 0.497. The predicted molar refractivity (Wildman–Crippen MR) is 102 cm³/mol. The molecule has 0 saturated heterocycles. The Morgan fingerprint density at radius 3 is 2.33 bits per heavy atom. The Balaban J connectivity index is 0.000000891. The van der Waals surface area contributed by atoms with Crippen LogP contribution in [0.5, 0.6) is 5.75 Å². The molecule has 24 heavy (non-hydrogen) atoms. The van der Waals surface area contributed by atoms with Gasteiger partial charge in [-0.15, -0.1) is 0 Å². The van der Waals surface area contributed by atoms with Gasteiger partial charge in [0.05, 0.1) is 0 Å². The van der Waals surface area contributed by atoms with Crippen molar-refractivity contribution in [1.29, 1.82) is 0 Å². The number of aliphatic imine (C=N–C) groups is 1. The molecule has 0 unspecified atom stereocenters. The zero-order valence-corrected chi connectivity index (χ0v) is 19.0.